The van der Waals surface area contributed by atoms with Crippen molar-refractivity contribution >= 4 is 15.8 Å². The summed E-state index contributed by atoms with van der Waals surface area (Å²) in [7, 11) is -3.41. The zero-order chi connectivity index (χ0) is 10.1. The van der Waals surface area contributed by atoms with E-state index in [0.717, 1.165) is 0 Å². The van der Waals surface area contributed by atoms with Crippen molar-refractivity contribution in [3.8, 4) is 0 Å². The lowest BCUT2D eigenvalue weighted by Crippen LogP contribution is -2.42. The van der Waals surface area contributed by atoms with Crippen LogP contribution in [0, 0.1) is 0 Å². The predicted octanol–water partition coefficient (Wildman–Crippen LogP) is 0.819. The van der Waals surface area contributed by atoms with Crippen molar-refractivity contribution in [3.05, 3.63) is 0 Å². The Balaban J connectivity index is 3.11. The van der Waals surface area contributed by atoms with Crippen molar-refractivity contribution in [2.45, 2.75) is 37.4 Å². The molecule has 1 aliphatic heterocycles. The summed E-state index contributed by atoms with van der Waals surface area (Å²) in [4.78, 5) is 10.9. The van der Waals surface area contributed by atoms with E-state index in [0.29, 0.717) is 12.8 Å². The normalized spacial score (nSPS) is 31.8. The number of carboxylic acids is 1. The van der Waals surface area contributed by atoms with E-state index in [1.807, 2.05) is 0 Å². The largest absolute Gasteiger partial charge is 0.480 e. The Bertz CT molecular complexity index is 306. The van der Waals surface area contributed by atoms with Gasteiger partial charge in [0, 0.05) is 0 Å². The van der Waals surface area contributed by atoms with Gasteiger partial charge < -0.3 is 5.11 Å². The van der Waals surface area contributed by atoms with Gasteiger partial charge in [0.2, 0.25) is 0 Å². The van der Waals surface area contributed by atoms with Crippen molar-refractivity contribution < 1.29 is 18.3 Å². The molecule has 1 saturated heterocycles. The fourth-order valence-electron chi connectivity index (χ4n) is 1.93. The molecular formula is C8H14O4S. The van der Waals surface area contributed by atoms with Crippen LogP contribution in [0.1, 0.15) is 32.6 Å². The van der Waals surface area contributed by atoms with E-state index in [-0.39, 0.29) is 18.6 Å². The monoisotopic (exact) mass is 206 g/mol. The molecule has 1 rings (SSSR count). The predicted molar refractivity (Wildman–Crippen MR) is 48.3 cm³/mol. The molecule has 0 saturated carbocycles. The van der Waals surface area contributed by atoms with Crippen LogP contribution in [0.3, 0.4) is 0 Å². The quantitative estimate of drug-likeness (QED) is 0.742. The average Bonchev–Trinajstić information content (AvgIpc) is 2.28. The minimum Gasteiger partial charge on any atom is -0.480 e. The molecule has 1 unspecified atom stereocenters. The highest BCUT2D eigenvalue weighted by Gasteiger charge is 2.53. The molecule has 0 radical (unpaired) electrons. The lowest BCUT2D eigenvalue weighted by Gasteiger charge is -2.21. The van der Waals surface area contributed by atoms with Crippen LogP contribution in [-0.2, 0) is 14.6 Å². The molecule has 0 amide bonds. The van der Waals surface area contributed by atoms with Crippen LogP contribution in [0.25, 0.3) is 0 Å². The zero-order valence-corrected chi connectivity index (χ0v) is 8.43. The molecule has 0 bridgehead atoms. The van der Waals surface area contributed by atoms with Crippen LogP contribution in [0.2, 0.25) is 0 Å². The number of hydrogen-bond donors (Lipinski definition) is 1. The second-order valence-electron chi connectivity index (χ2n) is 3.47. The summed E-state index contributed by atoms with van der Waals surface area (Å²) in [6, 6.07) is 0. The van der Waals surface area contributed by atoms with Crippen LogP contribution >= 0.6 is 0 Å². The first kappa shape index (κ1) is 10.5. The third-order valence-electron chi connectivity index (χ3n) is 2.63. The van der Waals surface area contributed by atoms with Crippen LogP contribution in [0.15, 0.2) is 0 Å². The molecule has 4 nitrogen and oxygen atoms in total. The number of carboxylic acid groups (broad SMARTS) is 1. The average molecular weight is 206 g/mol. The number of hydrogen-bond acceptors (Lipinski definition) is 3. The van der Waals surface area contributed by atoms with Gasteiger partial charge in [-0.3, -0.25) is 4.79 Å². The molecule has 1 fully saturated rings. The highest BCUT2D eigenvalue weighted by Crippen LogP contribution is 2.36. The molecule has 1 heterocycles. The standard InChI is InChI=1S/C8H14O4S/c1-2-4-8(7(9)10)5-3-6-13(8,11)12/h2-6H2,1H3,(H,9,10). The van der Waals surface area contributed by atoms with Gasteiger partial charge >= 0.3 is 5.97 Å². The maximum atomic E-state index is 11.5. The Morgan fingerprint density at radius 2 is 2.15 bits per heavy atom. The number of carbonyl (C=O) groups is 1. The van der Waals surface area contributed by atoms with E-state index in [1.165, 1.54) is 0 Å². The Morgan fingerprint density at radius 3 is 2.46 bits per heavy atom. The van der Waals surface area contributed by atoms with Crippen molar-refractivity contribution in [2.24, 2.45) is 0 Å². The van der Waals surface area contributed by atoms with E-state index in [9.17, 15) is 13.2 Å². The lowest BCUT2D eigenvalue weighted by molar-refractivity contribution is -0.140. The Morgan fingerprint density at radius 1 is 1.54 bits per heavy atom. The van der Waals surface area contributed by atoms with Crippen molar-refractivity contribution in [2.75, 3.05) is 5.75 Å². The molecule has 76 valence electrons. The van der Waals surface area contributed by atoms with E-state index >= 15 is 0 Å². The van der Waals surface area contributed by atoms with Crippen LogP contribution in [-0.4, -0.2) is 30.0 Å². The second-order valence-corrected chi connectivity index (χ2v) is 5.89. The summed E-state index contributed by atoms with van der Waals surface area (Å²) in [6.07, 6.45) is 1.59. The molecule has 0 aliphatic carbocycles. The Labute approximate surface area is 77.9 Å². The molecule has 0 aromatic rings. The van der Waals surface area contributed by atoms with Crippen molar-refractivity contribution in [3.63, 3.8) is 0 Å². The van der Waals surface area contributed by atoms with Gasteiger partial charge in [-0.2, -0.15) is 0 Å². The van der Waals surface area contributed by atoms with Gasteiger partial charge in [0.1, 0.15) is 0 Å². The van der Waals surface area contributed by atoms with Gasteiger partial charge in [0.15, 0.2) is 14.6 Å². The highest BCUT2D eigenvalue weighted by molar-refractivity contribution is 7.93. The number of rotatable bonds is 3. The molecule has 5 heteroatoms. The maximum absolute atomic E-state index is 11.5. The molecular weight excluding hydrogens is 192 g/mol. The minimum atomic E-state index is -3.41. The van der Waals surface area contributed by atoms with E-state index in [1.54, 1.807) is 6.92 Å². The van der Waals surface area contributed by atoms with Gasteiger partial charge in [-0.15, -0.1) is 0 Å². The first-order valence-electron chi connectivity index (χ1n) is 4.42. The minimum absolute atomic E-state index is 0.0271. The summed E-state index contributed by atoms with van der Waals surface area (Å²) >= 11 is 0. The fourth-order valence-corrected chi connectivity index (χ4v) is 4.08. The summed E-state index contributed by atoms with van der Waals surface area (Å²) in [5, 5.41) is 8.95. The number of sulfone groups is 1. The summed E-state index contributed by atoms with van der Waals surface area (Å²) in [5.41, 5.74) is 0. The SMILES string of the molecule is CCCC1(C(=O)O)CCCS1(=O)=O. The van der Waals surface area contributed by atoms with Crippen molar-refractivity contribution in [1.29, 1.82) is 0 Å². The molecule has 13 heavy (non-hydrogen) atoms. The molecule has 0 aromatic carbocycles. The summed E-state index contributed by atoms with van der Waals surface area (Å²) in [5.74, 6) is -1.15. The molecule has 1 aliphatic rings. The molecule has 0 aromatic heterocycles. The van der Waals surface area contributed by atoms with Gasteiger partial charge in [-0.1, -0.05) is 13.3 Å². The first-order chi connectivity index (χ1) is 5.96. The third-order valence-corrected chi connectivity index (χ3v) is 5.23. The van der Waals surface area contributed by atoms with E-state index in [2.05, 4.69) is 0 Å². The highest BCUT2D eigenvalue weighted by atomic mass is 32.2. The van der Waals surface area contributed by atoms with Crippen molar-refractivity contribution in [1.82, 2.24) is 0 Å². The summed E-state index contributed by atoms with van der Waals surface area (Å²) < 4.78 is 21.6. The van der Waals surface area contributed by atoms with Gasteiger partial charge in [-0.25, -0.2) is 8.42 Å². The molecule has 1 atom stereocenters. The number of aliphatic carboxylic acids is 1. The fraction of sp³-hybridized carbons (Fsp3) is 0.875. The topological polar surface area (TPSA) is 71.4 Å². The van der Waals surface area contributed by atoms with Crippen LogP contribution < -0.4 is 0 Å². The maximum Gasteiger partial charge on any atom is 0.325 e. The lowest BCUT2D eigenvalue weighted by atomic mass is 9.98. The van der Waals surface area contributed by atoms with E-state index < -0.39 is 20.6 Å². The zero-order valence-electron chi connectivity index (χ0n) is 7.62. The Hall–Kier alpha value is -0.580. The molecule has 0 spiro atoms. The van der Waals surface area contributed by atoms with Gasteiger partial charge in [0.25, 0.3) is 0 Å². The van der Waals surface area contributed by atoms with Gasteiger partial charge in [-0.05, 0) is 19.3 Å². The second kappa shape index (κ2) is 3.29. The Kier molecular flexibility index (Phi) is 2.66. The smallest absolute Gasteiger partial charge is 0.325 e. The molecule has 1 N–H and O–H groups in total. The third kappa shape index (κ3) is 1.45. The summed E-state index contributed by atoms with van der Waals surface area (Å²) in [6.45, 7) is 1.80. The van der Waals surface area contributed by atoms with Crippen LogP contribution in [0.5, 0.6) is 0 Å². The first-order valence-corrected chi connectivity index (χ1v) is 6.07. The van der Waals surface area contributed by atoms with Crippen LogP contribution in [0.4, 0.5) is 0 Å². The van der Waals surface area contributed by atoms with E-state index in [4.69, 9.17) is 5.11 Å². The van der Waals surface area contributed by atoms with Gasteiger partial charge in [0.05, 0.1) is 5.75 Å².